The molecule has 0 saturated carbocycles. The molecule has 0 aliphatic rings. The van der Waals surface area contributed by atoms with Crippen LogP contribution in [0.3, 0.4) is 0 Å². The van der Waals surface area contributed by atoms with Gasteiger partial charge in [0.1, 0.15) is 31.7 Å². The molecule has 0 saturated heterocycles. The summed E-state index contributed by atoms with van der Waals surface area (Å²) < 4.78 is 85.0. The van der Waals surface area contributed by atoms with Crippen LogP contribution in [0.4, 0.5) is 22.7 Å². The molecule has 2 N–H and O–H groups in total. The van der Waals surface area contributed by atoms with E-state index in [1.54, 1.807) is 60.7 Å². The molecule has 19 heteroatoms. The molecule has 5 rings (SSSR count). The van der Waals surface area contributed by atoms with Crippen LogP contribution in [0.1, 0.15) is 33.7 Å². The minimum Gasteiger partial charge on any atom is -0.744 e. The molecule has 0 heterocycles. The van der Waals surface area contributed by atoms with Gasteiger partial charge in [-0.05, 0) is 41.0 Å². The molecule has 0 aliphatic carbocycles. The first-order valence-electron chi connectivity index (χ1n) is 15.4. The van der Waals surface area contributed by atoms with E-state index in [0.29, 0.717) is 28.6 Å². The fourth-order valence-electron chi connectivity index (χ4n) is 5.63. The Morgan fingerprint density at radius 3 is 1.35 bits per heavy atom. The van der Waals surface area contributed by atoms with Gasteiger partial charge in [0.05, 0.1) is 33.9 Å². The van der Waals surface area contributed by atoms with Crippen LogP contribution >= 0.6 is 0 Å². The third-order valence-electron chi connectivity index (χ3n) is 8.23. The molecule has 0 fully saturated rings. The molecule has 0 aromatic heterocycles. The number of hydrogen-bond donors (Lipinski definition) is 2. The first-order chi connectivity index (χ1) is 25.1. The van der Waals surface area contributed by atoms with Crippen molar-refractivity contribution in [2.45, 2.75) is 28.8 Å². The third kappa shape index (κ3) is 9.91. The average molecular weight is 786 g/mol. The number of rotatable bonds is 15. The van der Waals surface area contributed by atoms with Gasteiger partial charge < -0.3 is 29.2 Å². The van der Waals surface area contributed by atoms with E-state index in [2.05, 4.69) is 10.6 Å². The molecule has 0 bridgehead atoms. The summed E-state index contributed by atoms with van der Waals surface area (Å²) in [4.78, 5) is 19.2. The van der Waals surface area contributed by atoms with Crippen molar-refractivity contribution < 1.29 is 74.8 Å². The molecular weight excluding hydrogens is 756 g/mol. The maximum atomic E-state index is 12.7. The number of nitrogens with one attached hydrogen (secondary N) is 2. The van der Waals surface area contributed by atoms with E-state index in [9.17, 15) is 46.2 Å². The summed E-state index contributed by atoms with van der Waals surface area (Å²) in [6.45, 7) is 0.547. The normalized spacial score (nSPS) is 11.4. The molecule has 16 nitrogen and oxygen atoms in total. The van der Waals surface area contributed by atoms with Crippen molar-refractivity contribution in [1.82, 2.24) is 0 Å². The summed E-state index contributed by atoms with van der Waals surface area (Å²) in [5.74, 6) is -0.698. The van der Waals surface area contributed by atoms with Crippen molar-refractivity contribution in [2.24, 2.45) is 0 Å². The molecule has 0 atom stereocenters. The van der Waals surface area contributed by atoms with Crippen molar-refractivity contribution in [3.8, 4) is 11.5 Å². The minimum atomic E-state index is -5.37. The Labute approximate surface area is 332 Å². The van der Waals surface area contributed by atoms with E-state index in [1.807, 2.05) is 0 Å². The molecule has 0 radical (unpaired) electrons. The molecule has 0 unspecified atom stereocenters. The Morgan fingerprint density at radius 1 is 0.593 bits per heavy atom. The number of anilines is 2. The summed E-state index contributed by atoms with van der Waals surface area (Å²) in [5.41, 5.74) is 2.95. The monoisotopic (exact) mass is 785 g/mol. The first-order valence-corrected chi connectivity index (χ1v) is 18.3. The van der Waals surface area contributed by atoms with E-state index >= 15 is 0 Å². The minimum absolute atomic E-state index is 0. The zero-order chi connectivity index (χ0) is 38.5. The van der Waals surface area contributed by atoms with Crippen molar-refractivity contribution in [2.75, 3.05) is 24.9 Å². The Hall–Kier alpha value is -5.08. The van der Waals surface area contributed by atoms with Crippen LogP contribution in [0.15, 0.2) is 113 Å². The summed E-state index contributed by atoms with van der Waals surface area (Å²) >= 11 is 0. The van der Waals surface area contributed by atoms with E-state index in [-0.39, 0.29) is 71.1 Å². The zero-order valence-corrected chi connectivity index (χ0v) is 32.5. The van der Waals surface area contributed by atoms with Gasteiger partial charge in [0.2, 0.25) is 0 Å². The predicted octanol–water partition coefficient (Wildman–Crippen LogP) is 2.74. The first kappa shape index (κ1) is 41.7. The van der Waals surface area contributed by atoms with Gasteiger partial charge in [0, 0.05) is 77.9 Å². The maximum Gasteiger partial charge on any atom is 1.00 e. The van der Waals surface area contributed by atoms with Gasteiger partial charge in [-0.1, -0.05) is 42.5 Å². The van der Waals surface area contributed by atoms with Crippen molar-refractivity contribution in [3.05, 3.63) is 151 Å². The van der Waals surface area contributed by atoms with E-state index in [4.69, 9.17) is 9.47 Å². The van der Waals surface area contributed by atoms with Crippen molar-refractivity contribution in [1.29, 1.82) is 0 Å². The summed E-state index contributed by atoms with van der Waals surface area (Å²) in [6.07, 6.45) is 0. The van der Waals surface area contributed by atoms with Gasteiger partial charge in [-0.2, -0.15) is 0 Å². The summed E-state index contributed by atoms with van der Waals surface area (Å²) in [6, 6.07) is 24.2. The van der Waals surface area contributed by atoms with Crippen LogP contribution < -0.4 is 49.7 Å². The number of hydrogen-bond acceptors (Lipinski definition) is 14. The second kappa shape index (κ2) is 17.4. The van der Waals surface area contributed by atoms with Crippen LogP contribution in [0.25, 0.3) is 0 Å². The molecule has 0 amide bonds. The van der Waals surface area contributed by atoms with Crippen LogP contribution in [-0.4, -0.2) is 50.0 Å². The number of nitrogens with zero attached hydrogens (tertiary/aromatic N) is 2. The maximum absolute atomic E-state index is 12.7. The number of nitro groups is 2. The molecule has 0 spiro atoms. The smallest absolute Gasteiger partial charge is 0.744 e. The van der Waals surface area contributed by atoms with Gasteiger partial charge in [-0.3, -0.25) is 20.2 Å². The average Bonchev–Trinajstić information content (AvgIpc) is 3.13. The third-order valence-corrected chi connectivity index (χ3v) is 9.95. The van der Waals surface area contributed by atoms with Gasteiger partial charge >= 0.3 is 29.6 Å². The second-order valence-corrected chi connectivity index (χ2v) is 14.2. The standard InChI is InChI=1S/C35H32N4O12S2.Na/c1-50-32-17-24(36-20-22-3-9-26(10-4-22)38(40)41)7-14-29(32)35(31-16-13-28(52(44,45)46)19-34(31)53(47,48)49)30-15-8-25(18-33(30)51-2)37-21-23-5-11-27(12-6-23)39(42)43;/h3-19,35-37H,20-21H2,1-2H3,(H,44,45,46)(H,47,48,49);/q;+1/p-2. The molecule has 54 heavy (non-hydrogen) atoms. The second-order valence-electron chi connectivity index (χ2n) is 11.5. The number of non-ortho nitro benzene ring substituents is 2. The Morgan fingerprint density at radius 2 is 1.00 bits per heavy atom. The quantitative estimate of drug-likeness (QED) is 0.0510. The van der Waals surface area contributed by atoms with Crippen molar-refractivity contribution >= 4 is 43.0 Å². The summed E-state index contributed by atoms with van der Waals surface area (Å²) in [7, 11) is -7.78. The zero-order valence-electron chi connectivity index (χ0n) is 28.9. The Kier molecular flexibility index (Phi) is 13.4. The number of nitro benzene ring substituents is 2. The van der Waals surface area contributed by atoms with E-state index in [1.165, 1.54) is 38.5 Å². The van der Waals surface area contributed by atoms with Crippen LogP contribution in [0, 0.1) is 20.2 Å². The Bertz CT molecular complexity index is 2280. The van der Waals surface area contributed by atoms with Crippen LogP contribution in [0.5, 0.6) is 11.5 Å². The number of benzene rings is 5. The van der Waals surface area contributed by atoms with Crippen molar-refractivity contribution in [3.63, 3.8) is 0 Å². The molecule has 276 valence electrons. The molecule has 5 aromatic rings. The molecular formula is C35H30N4NaO12S2-. The number of methoxy groups -OCH3 is 2. The Balaban J connectivity index is 0.00000650. The SMILES string of the molecule is COc1cc(NCc2ccc([N+](=O)[O-])cc2)ccc1C(c1ccc(NCc2ccc([N+](=O)[O-])cc2)cc1OC)c1ccc(S(=O)(=O)[O-])cc1S(=O)(=O)[O-].[Na+]. The van der Waals surface area contributed by atoms with Crippen LogP contribution in [-0.2, 0) is 33.3 Å². The van der Waals surface area contributed by atoms with Gasteiger partial charge in [-0.15, -0.1) is 0 Å². The van der Waals surface area contributed by atoms with Gasteiger partial charge in [-0.25, -0.2) is 16.8 Å². The van der Waals surface area contributed by atoms with E-state index < -0.39 is 45.8 Å². The topological polar surface area (TPSA) is 243 Å². The van der Waals surface area contributed by atoms with Gasteiger partial charge in [0.25, 0.3) is 11.4 Å². The van der Waals surface area contributed by atoms with Crippen LogP contribution in [0.2, 0.25) is 0 Å². The number of ether oxygens (including phenoxy) is 2. The fraction of sp³-hybridized carbons (Fsp3) is 0.143. The van der Waals surface area contributed by atoms with E-state index in [0.717, 1.165) is 23.3 Å². The predicted molar refractivity (Wildman–Crippen MR) is 190 cm³/mol. The van der Waals surface area contributed by atoms with Gasteiger partial charge in [0.15, 0.2) is 0 Å². The molecule has 0 aliphatic heterocycles. The fourth-order valence-corrected chi connectivity index (χ4v) is 6.94. The molecule has 5 aromatic carbocycles. The largest absolute Gasteiger partial charge is 1.00 e. The summed E-state index contributed by atoms with van der Waals surface area (Å²) in [5, 5.41) is 28.4.